The van der Waals surface area contributed by atoms with Crippen molar-refractivity contribution in [1.82, 2.24) is 28.2 Å². The maximum Gasteiger partial charge on any atom is 0.304 e. The molecule has 0 spiro atoms. The number of hydrogen-bond donors (Lipinski definition) is 0. The van der Waals surface area contributed by atoms with Gasteiger partial charge in [-0.3, -0.25) is 13.9 Å². The minimum Gasteiger partial charge on any atom is -0.425 e. The summed E-state index contributed by atoms with van der Waals surface area (Å²) >= 11 is 0. The topological polar surface area (TPSA) is 162 Å². The maximum atomic E-state index is 15.9. The number of carbonyl (C=O) groups excluding carboxylic acids is 1. The number of nitrogens with zero attached hydrogens (tertiary/aromatic N) is 9. The lowest BCUT2D eigenvalue weighted by atomic mass is 10.0. The molecule has 0 aliphatic carbocycles. The van der Waals surface area contributed by atoms with Gasteiger partial charge in [0.25, 0.3) is 5.91 Å². The molecule has 82 heavy (non-hydrogen) atoms. The molecule has 1 atom stereocenters. The summed E-state index contributed by atoms with van der Waals surface area (Å²) in [5, 5.41) is 11.6. The van der Waals surface area contributed by atoms with Crippen LogP contribution < -0.4 is 9.75 Å². The van der Waals surface area contributed by atoms with Crippen LogP contribution >= 0.6 is 0 Å². The summed E-state index contributed by atoms with van der Waals surface area (Å²) in [5.74, 6) is -0.608. The molecule has 1 amide bonds. The maximum absolute atomic E-state index is 15.9. The van der Waals surface area contributed by atoms with Crippen molar-refractivity contribution in [3.05, 3.63) is 121 Å². The molecule has 22 heteroatoms. The van der Waals surface area contributed by atoms with E-state index in [4.69, 9.17) is 23.9 Å². The Hall–Kier alpha value is -6.67. The van der Waals surface area contributed by atoms with Gasteiger partial charge in [-0.25, -0.2) is 22.2 Å². The van der Waals surface area contributed by atoms with Crippen molar-refractivity contribution in [3.8, 4) is 34.0 Å². The number of fused-ring (bicyclic) bond motifs is 4. The molecule has 434 valence electrons. The number of anilines is 1. The fraction of sp³-hybridized carbons (Fsp3) is 0.383. The second kappa shape index (κ2) is 23.9. The number of benzene rings is 5. The summed E-state index contributed by atoms with van der Waals surface area (Å²) in [6.45, 7) is 24.4. The Labute approximate surface area is 481 Å². The minimum atomic E-state index is -3.62. The first kappa shape index (κ1) is 59.9. The zero-order chi connectivity index (χ0) is 59.1. The number of aryl methyl sites for hydroxylation is 3. The zero-order valence-electron chi connectivity index (χ0n) is 49.3. The molecule has 16 nitrogen and oxygen atoms in total. The van der Waals surface area contributed by atoms with Gasteiger partial charge in [-0.2, -0.15) is 15.1 Å². The van der Waals surface area contributed by atoms with Gasteiger partial charge in [-0.1, -0.05) is 82.3 Å². The summed E-state index contributed by atoms with van der Waals surface area (Å²) in [6.07, 6.45) is 5.05. The number of ether oxygens (including phenoxy) is 4. The lowest BCUT2D eigenvalue weighted by molar-refractivity contribution is -0.119. The highest BCUT2D eigenvalue weighted by atomic mass is 32.2. The average molecular weight is 1190 g/mol. The molecule has 1 aliphatic heterocycles. The Morgan fingerprint density at radius 2 is 1.10 bits per heavy atom. The van der Waals surface area contributed by atoms with E-state index in [0.29, 0.717) is 70.0 Å². The highest BCUT2D eigenvalue weighted by Gasteiger charge is 2.33. The quantitative estimate of drug-likeness (QED) is 0.0503. The van der Waals surface area contributed by atoms with Crippen LogP contribution in [0.2, 0.25) is 77.1 Å². The van der Waals surface area contributed by atoms with E-state index in [-0.39, 0.29) is 43.0 Å². The van der Waals surface area contributed by atoms with Crippen LogP contribution in [0, 0.1) is 18.6 Å². The Morgan fingerprint density at radius 3 is 1.62 bits per heavy atom. The Morgan fingerprint density at radius 1 is 0.598 bits per heavy atom. The molecule has 0 fully saturated rings. The van der Waals surface area contributed by atoms with E-state index >= 15 is 8.78 Å². The number of carbonyl (C=O) groups is 1. The van der Waals surface area contributed by atoms with Crippen LogP contribution in [0.4, 0.5) is 14.5 Å². The lowest BCUT2D eigenvalue weighted by Crippen LogP contribution is -2.32. The number of amides is 1. The zero-order valence-corrected chi connectivity index (χ0v) is 53.1. The number of hydrogen-bond acceptors (Lipinski definition) is 11. The van der Waals surface area contributed by atoms with Crippen molar-refractivity contribution in [3.63, 3.8) is 0 Å². The molecule has 4 aromatic heterocycles. The van der Waals surface area contributed by atoms with Crippen LogP contribution in [0.15, 0.2) is 119 Å². The van der Waals surface area contributed by atoms with E-state index in [2.05, 4.69) is 74.2 Å². The third-order valence-electron chi connectivity index (χ3n) is 14.4. The predicted octanol–water partition coefficient (Wildman–Crippen LogP) is 14.2. The molecule has 10 rings (SSSR count). The molecule has 5 heterocycles. The van der Waals surface area contributed by atoms with Gasteiger partial charge >= 0.3 is 6.01 Å². The van der Waals surface area contributed by atoms with E-state index in [1.54, 1.807) is 22.8 Å². The summed E-state index contributed by atoms with van der Waals surface area (Å²) in [5.41, 5.74) is 7.77. The first-order valence-electron chi connectivity index (χ1n) is 27.6. The summed E-state index contributed by atoms with van der Waals surface area (Å²) in [6, 6.07) is 29.8. The summed E-state index contributed by atoms with van der Waals surface area (Å²) in [7, 11) is -3.54. The van der Waals surface area contributed by atoms with E-state index in [1.807, 2.05) is 103 Å². The Balaban J connectivity index is 0.000000218. The van der Waals surface area contributed by atoms with Gasteiger partial charge in [0.15, 0.2) is 6.04 Å². The number of rotatable bonds is 21. The monoisotopic (exact) mass is 1190 g/mol. The fourth-order valence-corrected chi connectivity index (χ4v) is 12.5. The highest BCUT2D eigenvalue weighted by Crippen LogP contribution is 2.37. The largest absolute Gasteiger partial charge is 0.425 e. The molecule has 0 N–H and O–H groups in total. The minimum absolute atomic E-state index is 0.0120. The van der Waals surface area contributed by atoms with Gasteiger partial charge < -0.3 is 28.1 Å². The van der Waals surface area contributed by atoms with Gasteiger partial charge in [0.1, 0.15) is 30.8 Å². The second-order valence-electron chi connectivity index (χ2n) is 25.0. The number of halogens is 2. The lowest BCUT2D eigenvalue weighted by Gasteiger charge is -2.18. The van der Waals surface area contributed by atoms with Crippen LogP contribution in [0.5, 0.6) is 11.8 Å². The van der Waals surface area contributed by atoms with Crippen molar-refractivity contribution in [2.24, 2.45) is 24.4 Å². The summed E-state index contributed by atoms with van der Waals surface area (Å²) < 4.78 is 87.2. The second-order valence-corrected chi connectivity index (χ2v) is 43.7. The van der Waals surface area contributed by atoms with Gasteiger partial charge in [0, 0.05) is 128 Å². The molecule has 9 aromatic rings. The predicted molar refractivity (Wildman–Crippen MR) is 331 cm³/mol. The van der Waals surface area contributed by atoms with Crippen LogP contribution in [-0.4, -0.2) is 106 Å². The van der Waals surface area contributed by atoms with Crippen LogP contribution in [0.1, 0.15) is 5.56 Å². The van der Waals surface area contributed by atoms with E-state index in [0.717, 1.165) is 57.3 Å². The molecule has 0 radical (unpaired) electrons. The molecule has 0 saturated carbocycles. The summed E-state index contributed by atoms with van der Waals surface area (Å²) in [4.78, 5) is 22.5. The van der Waals surface area contributed by atoms with Gasteiger partial charge in [-0.05, 0) is 96.3 Å². The van der Waals surface area contributed by atoms with Gasteiger partial charge in [0.05, 0.1) is 34.4 Å². The van der Waals surface area contributed by atoms with Crippen LogP contribution in [0.3, 0.4) is 0 Å². The van der Waals surface area contributed by atoms with Crippen molar-refractivity contribution >= 4 is 89.5 Å². The van der Waals surface area contributed by atoms with Crippen molar-refractivity contribution in [2.45, 2.75) is 109 Å². The normalized spacial score (nSPS) is 14.3. The van der Waals surface area contributed by atoms with E-state index in [1.165, 1.54) is 21.7 Å². The fourth-order valence-electron chi connectivity index (χ4n) is 9.45. The van der Waals surface area contributed by atoms with Crippen molar-refractivity contribution in [2.75, 3.05) is 37.7 Å². The first-order chi connectivity index (χ1) is 38.6. The van der Waals surface area contributed by atoms with Crippen molar-refractivity contribution in [1.29, 1.82) is 0 Å². The van der Waals surface area contributed by atoms with E-state index < -0.39 is 45.9 Å². The molecule has 5 aromatic carbocycles. The number of sulfone groups is 1. The smallest absolute Gasteiger partial charge is 0.304 e. The third kappa shape index (κ3) is 14.0. The van der Waals surface area contributed by atoms with E-state index in [9.17, 15) is 13.2 Å². The highest BCUT2D eigenvalue weighted by molar-refractivity contribution is 7.90. The third-order valence-corrected chi connectivity index (χ3v) is 20.5. The molecule has 0 bridgehead atoms. The van der Waals surface area contributed by atoms with Gasteiger partial charge in [-0.15, -0.1) is 0 Å². The molecule has 0 saturated heterocycles. The standard InChI is InChI=1S/C37H47FN6O4Si2.C23H28FN3O3SSi/c1-25-9-11-28(20-34(25)44-36(45)32(40-41-44)23-46-15-17-49(3,4)5)48-37-39-31-21-29(26-10-12-33-27(19-26)13-14-42(33)2)30(38)22-35(31)43(37)24-47-16-18-50(6,7)8;1-26-9-8-17-12-16(6-7-21(17)26)18-13-20-22(14-19(18)24)27(23(25-20)31(2,28)29)15-30-10-11-32(3,4)5/h9-14,19-22,32H,15-18,23-24H2,1-8H3;6-9,12-14H,10-11,15H2,1-5H3. The van der Waals surface area contributed by atoms with Crippen LogP contribution in [0.25, 0.3) is 66.1 Å². The van der Waals surface area contributed by atoms with Crippen molar-refractivity contribution < 1.29 is 40.9 Å². The molecule has 1 unspecified atom stereocenters. The first-order valence-corrected chi connectivity index (χ1v) is 40.6. The molecular formula is C60H75F2N9O7SSi3. The van der Waals surface area contributed by atoms with Crippen LogP contribution in [-0.2, 0) is 56.4 Å². The van der Waals surface area contributed by atoms with Gasteiger partial charge in [0.2, 0.25) is 15.0 Å². The number of imidazole rings is 2. The molecular weight excluding hydrogens is 1110 g/mol. The molecule has 1 aliphatic rings. The Kier molecular flexibility index (Phi) is 17.5. The SMILES string of the molecule is Cc1ccc(Oc2nc3cc(-c4ccc5c(ccn5C)c4)c(F)cc3n2COCC[Si](C)(C)C)cc1N1N=NC(COCC[Si](C)(C)C)C1=O.Cn1ccc2cc(-c3cc4nc(S(C)(=O)=O)n(COCC[Si](C)(C)C)c4cc3F)ccc21. The Bertz CT molecular complexity index is 3990. The average Bonchev–Trinajstić information content (AvgIpc) is 4.42. The number of aromatic nitrogens is 6.